The minimum Gasteiger partial charge on any atom is -0.377 e. The molecule has 1 unspecified atom stereocenters. The van der Waals surface area contributed by atoms with Gasteiger partial charge in [-0.2, -0.15) is 5.10 Å². The van der Waals surface area contributed by atoms with Crippen LogP contribution in [-0.2, 0) is 24.3 Å². The molecular formula is C19H22N6O2. The third-order valence-electron chi connectivity index (χ3n) is 4.83. The van der Waals surface area contributed by atoms with Crippen LogP contribution in [0.2, 0.25) is 0 Å². The van der Waals surface area contributed by atoms with Gasteiger partial charge in [0, 0.05) is 38.5 Å². The standard InChI is InChI=1S/C19H22N6O2/c1-27-13-18-23-22-17-8-7-14(9-12-24(17)18)21-19(26)15-5-2-3-6-16(15)25-11-4-10-20-25/h2-6,10-11,14H,7-9,12-13H2,1H3,(H,21,26). The van der Waals surface area contributed by atoms with E-state index in [9.17, 15) is 4.79 Å². The molecule has 1 atom stereocenters. The summed E-state index contributed by atoms with van der Waals surface area (Å²) in [4.78, 5) is 12.9. The first-order chi connectivity index (χ1) is 13.3. The lowest BCUT2D eigenvalue weighted by Gasteiger charge is -2.17. The minimum atomic E-state index is -0.0825. The third-order valence-corrected chi connectivity index (χ3v) is 4.83. The highest BCUT2D eigenvalue weighted by atomic mass is 16.5. The maximum absolute atomic E-state index is 12.9. The molecule has 0 radical (unpaired) electrons. The number of hydrogen-bond acceptors (Lipinski definition) is 5. The number of ether oxygens (including phenoxy) is 1. The quantitative estimate of drug-likeness (QED) is 0.743. The molecule has 3 heterocycles. The van der Waals surface area contributed by atoms with Crippen molar-refractivity contribution in [1.29, 1.82) is 0 Å². The molecule has 1 N–H and O–H groups in total. The lowest BCUT2D eigenvalue weighted by Crippen LogP contribution is -2.35. The molecule has 1 aliphatic heterocycles. The van der Waals surface area contributed by atoms with Gasteiger partial charge in [-0.15, -0.1) is 10.2 Å². The van der Waals surface area contributed by atoms with Crippen molar-refractivity contribution in [2.24, 2.45) is 0 Å². The summed E-state index contributed by atoms with van der Waals surface area (Å²) in [5.41, 5.74) is 1.39. The van der Waals surface area contributed by atoms with Gasteiger partial charge in [-0.05, 0) is 31.0 Å². The Labute approximate surface area is 157 Å². The topological polar surface area (TPSA) is 86.9 Å². The number of carbonyl (C=O) groups is 1. The van der Waals surface area contributed by atoms with Crippen LogP contribution in [0.1, 0.15) is 34.8 Å². The fraction of sp³-hybridized carbons (Fsp3) is 0.368. The maximum atomic E-state index is 12.9. The molecule has 0 saturated carbocycles. The number of fused-ring (bicyclic) bond motifs is 1. The average molecular weight is 366 g/mol. The summed E-state index contributed by atoms with van der Waals surface area (Å²) < 4.78 is 9.00. The van der Waals surface area contributed by atoms with Crippen LogP contribution >= 0.6 is 0 Å². The first-order valence-electron chi connectivity index (χ1n) is 9.06. The number of methoxy groups -OCH3 is 1. The monoisotopic (exact) mass is 366 g/mol. The lowest BCUT2D eigenvalue weighted by molar-refractivity contribution is 0.0932. The van der Waals surface area contributed by atoms with Gasteiger partial charge in [-0.1, -0.05) is 12.1 Å². The Bertz CT molecular complexity index is 918. The summed E-state index contributed by atoms with van der Waals surface area (Å²) in [6.45, 7) is 1.22. The molecule has 4 rings (SSSR count). The van der Waals surface area contributed by atoms with Crippen LogP contribution in [0.25, 0.3) is 5.69 Å². The van der Waals surface area contributed by atoms with Crippen LogP contribution < -0.4 is 5.32 Å². The van der Waals surface area contributed by atoms with Crippen molar-refractivity contribution in [3.05, 3.63) is 59.9 Å². The number of benzene rings is 1. The molecular weight excluding hydrogens is 344 g/mol. The Kier molecular flexibility index (Phi) is 4.97. The summed E-state index contributed by atoms with van der Waals surface area (Å²) >= 11 is 0. The van der Waals surface area contributed by atoms with Crippen LogP contribution in [0.3, 0.4) is 0 Å². The Hall–Kier alpha value is -3.00. The number of aryl methyl sites for hydroxylation is 1. The van der Waals surface area contributed by atoms with E-state index in [0.717, 1.165) is 43.1 Å². The molecule has 1 aliphatic rings. The van der Waals surface area contributed by atoms with E-state index in [0.29, 0.717) is 12.2 Å². The fourth-order valence-corrected chi connectivity index (χ4v) is 3.47. The van der Waals surface area contributed by atoms with Crippen LogP contribution in [0.15, 0.2) is 42.7 Å². The number of amides is 1. The number of nitrogens with one attached hydrogen (secondary N) is 1. The van der Waals surface area contributed by atoms with Crippen molar-refractivity contribution in [3.63, 3.8) is 0 Å². The van der Waals surface area contributed by atoms with E-state index in [2.05, 4.69) is 25.2 Å². The molecule has 8 nitrogen and oxygen atoms in total. The van der Waals surface area contributed by atoms with Crippen molar-refractivity contribution in [2.75, 3.05) is 7.11 Å². The second-order valence-electron chi connectivity index (χ2n) is 6.58. The van der Waals surface area contributed by atoms with Crippen molar-refractivity contribution >= 4 is 5.91 Å². The largest absolute Gasteiger partial charge is 0.377 e. The van der Waals surface area contributed by atoms with E-state index in [1.807, 2.05) is 36.5 Å². The molecule has 2 aromatic heterocycles. The Morgan fingerprint density at radius 1 is 1.26 bits per heavy atom. The van der Waals surface area contributed by atoms with Gasteiger partial charge in [-0.3, -0.25) is 4.79 Å². The van der Waals surface area contributed by atoms with Crippen LogP contribution in [-0.4, -0.2) is 43.6 Å². The normalized spacial score (nSPS) is 16.6. The molecule has 0 aliphatic carbocycles. The number of rotatable bonds is 5. The first-order valence-corrected chi connectivity index (χ1v) is 9.06. The zero-order chi connectivity index (χ0) is 18.6. The average Bonchev–Trinajstić information content (AvgIpc) is 3.30. The molecule has 1 aromatic carbocycles. The van der Waals surface area contributed by atoms with E-state index in [1.165, 1.54) is 0 Å². The Balaban J connectivity index is 1.47. The predicted molar refractivity (Wildman–Crippen MR) is 98.5 cm³/mol. The van der Waals surface area contributed by atoms with Gasteiger partial charge >= 0.3 is 0 Å². The van der Waals surface area contributed by atoms with E-state index in [4.69, 9.17) is 4.74 Å². The summed E-state index contributed by atoms with van der Waals surface area (Å²) in [5, 5.41) is 15.9. The Morgan fingerprint density at radius 3 is 2.96 bits per heavy atom. The summed E-state index contributed by atoms with van der Waals surface area (Å²) in [7, 11) is 1.65. The number of aromatic nitrogens is 5. The highest BCUT2D eigenvalue weighted by Gasteiger charge is 2.22. The number of nitrogens with zero attached hydrogens (tertiary/aromatic N) is 5. The SMILES string of the molecule is COCc1nnc2n1CCC(NC(=O)c1ccccc1-n1cccn1)CC2. The second kappa shape index (κ2) is 7.71. The predicted octanol–water partition coefficient (Wildman–Crippen LogP) is 1.75. The van der Waals surface area contributed by atoms with Crippen molar-refractivity contribution in [1.82, 2.24) is 29.9 Å². The maximum Gasteiger partial charge on any atom is 0.253 e. The van der Waals surface area contributed by atoms with Crippen molar-refractivity contribution in [2.45, 2.75) is 38.5 Å². The molecule has 0 fully saturated rings. The highest BCUT2D eigenvalue weighted by Crippen LogP contribution is 2.18. The molecule has 140 valence electrons. The van der Waals surface area contributed by atoms with Gasteiger partial charge in [0.2, 0.25) is 0 Å². The van der Waals surface area contributed by atoms with E-state index in [-0.39, 0.29) is 11.9 Å². The zero-order valence-corrected chi connectivity index (χ0v) is 15.2. The molecule has 0 spiro atoms. The van der Waals surface area contributed by atoms with E-state index >= 15 is 0 Å². The third kappa shape index (κ3) is 3.61. The van der Waals surface area contributed by atoms with Crippen molar-refractivity contribution in [3.8, 4) is 5.69 Å². The van der Waals surface area contributed by atoms with Gasteiger partial charge < -0.3 is 14.6 Å². The van der Waals surface area contributed by atoms with Crippen LogP contribution in [0.4, 0.5) is 0 Å². The van der Waals surface area contributed by atoms with Gasteiger partial charge in [0.05, 0.1) is 11.3 Å². The van der Waals surface area contributed by atoms with Gasteiger partial charge in [0.25, 0.3) is 5.91 Å². The van der Waals surface area contributed by atoms with Crippen molar-refractivity contribution < 1.29 is 9.53 Å². The van der Waals surface area contributed by atoms with Gasteiger partial charge in [-0.25, -0.2) is 4.68 Å². The summed E-state index contributed by atoms with van der Waals surface area (Å²) in [6.07, 6.45) is 5.98. The first kappa shape index (κ1) is 17.4. The number of para-hydroxylation sites is 1. The summed E-state index contributed by atoms with van der Waals surface area (Å²) in [6, 6.07) is 9.42. The van der Waals surface area contributed by atoms with Crippen LogP contribution in [0, 0.1) is 0 Å². The number of hydrogen-bond donors (Lipinski definition) is 1. The molecule has 27 heavy (non-hydrogen) atoms. The van der Waals surface area contributed by atoms with Gasteiger partial charge in [0.15, 0.2) is 5.82 Å². The molecule has 0 saturated heterocycles. The highest BCUT2D eigenvalue weighted by molar-refractivity contribution is 5.97. The summed E-state index contributed by atoms with van der Waals surface area (Å²) in [5.74, 6) is 1.71. The van der Waals surface area contributed by atoms with E-state index in [1.54, 1.807) is 18.0 Å². The zero-order valence-electron chi connectivity index (χ0n) is 15.2. The lowest BCUT2D eigenvalue weighted by atomic mass is 10.1. The van der Waals surface area contributed by atoms with E-state index < -0.39 is 0 Å². The molecule has 1 amide bonds. The van der Waals surface area contributed by atoms with Gasteiger partial charge in [0.1, 0.15) is 12.4 Å². The molecule has 0 bridgehead atoms. The molecule has 3 aromatic rings. The molecule has 8 heteroatoms. The number of carbonyl (C=O) groups excluding carboxylic acids is 1. The minimum absolute atomic E-state index is 0.0825. The Morgan fingerprint density at radius 2 is 2.15 bits per heavy atom. The second-order valence-corrected chi connectivity index (χ2v) is 6.58. The van der Waals surface area contributed by atoms with Crippen LogP contribution in [0.5, 0.6) is 0 Å². The fourth-order valence-electron chi connectivity index (χ4n) is 3.47. The smallest absolute Gasteiger partial charge is 0.253 e.